The van der Waals surface area contributed by atoms with Crippen LogP contribution in [0.25, 0.3) is 0 Å². The molecule has 0 heterocycles. The van der Waals surface area contributed by atoms with Gasteiger partial charge >= 0.3 is 0 Å². The first-order valence-electron chi connectivity index (χ1n) is 8.54. The van der Waals surface area contributed by atoms with Crippen molar-refractivity contribution in [3.05, 3.63) is 0 Å². The lowest BCUT2D eigenvalue weighted by molar-refractivity contribution is 0.544. The Labute approximate surface area is 157 Å². The van der Waals surface area contributed by atoms with Gasteiger partial charge in [0.1, 0.15) is 0 Å². The van der Waals surface area contributed by atoms with Crippen molar-refractivity contribution >= 4 is 37.2 Å². The molecule has 0 amide bonds. The van der Waals surface area contributed by atoms with Gasteiger partial charge in [0.25, 0.3) is 0 Å². The zero-order valence-corrected chi connectivity index (χ0v) is 17.1. The highest BCUT2D eigenvalue weighted by molar-refractivity contribution is 5.86. The van der Waals surface area contributed by atoms with Crippen LogP contribution >= 0.6 is 37.2 Å². The van der Waals surface area contributed by atoms with Crippen molar-refractivity contribution < 1.29 is 0 Å². The highest BCUT2D eigenvalue weighted by Crippen LogP contribution is 1.95. The van der Waals surface area contributed by atoms with Crippen LogP contribution in [-0.4, -0.2) is 39.3 Å². The van der Waals surface area contributed by atoms with Crippen molar-refractivity contribution in [3.63, 3.8) is 0 Å². The van der Waals surface area contributed by atoms with E-state index in [1.807, 2.05) is 0 Å². The van der Waals surface area contributed by atoms with Gasteiger partial charge in [-0.1, -0.05) is 26.7 Å². The Morgan fingerprint density at radius 3 is 0.955 bits per heavy atom. The molecule has 0 bridgehead atoms. The first-order valence-corrected chi connectivity index (χ1v) is 8.54. The molecule has 0 atom stereocenters. The molecular formula is C16H40Cl3N3. The van der Waals surface area contributed by atoms with E-state index in [0.717, 1.165) is 0 Å². The fourth-order valence-corrected chi connectivity index (χ4v) is 2.08. The Morgan fingerprint density at radius 1 is 0.409 bits per heavy atom. The number of unbranched alkanes of at least 4 members (excludes halogenated alkanes) is 4. The zero-order valence-electron chi connectivity index (χ0n) is 14.6. The summed E-state index contributed by atoms with van der Waals surface area (Å²) in [5, 5.41) is 10.4. The highest BCUT2D eigenvalue weighted by Gasteiger charge is 1.92. The molecule has 0 aliphatic heterocycles. The molecule has 0 rings (SSSR count). The third kappa shape index (κ3) is 28.8. The summed E-state index contributed by atoms with van der Waals surface area (Å²) in [6.07, 6.45) is 10.5. The van der Waals surface area contributed by atoms with Crippen molar-refractivity contribution in [2.24, 2.45) is 0 Å². The van der Waals surface area contributed by atoms with Crippen molar-refractivity contribution in [2.45, 2.75) is 65.2 Å². The highest BCUT2D eigenvalue weighted by atomic mass is 35.5. The lowest BCUT2D eigenvalue weighted by atomic mass is 10.2. The summed E-state index contributed by atoms with van der Waals surface area (Å²) in [6.45, 7) is 11.6. The monoisotopic (exact) mass is 379 g/mol. The topological polar surface area (TPSA) is 36.1 Å². The third-order valence-corrected chi connectivity index (χ3v) is 3.27. The van der Waals surface area contributed by atoms with E-state index in [1.165, 1.54) is 90.6 Å². The first-order chi connectivity index (χ1) is 9.41. The maximum atomic E-state index is 3.55. The zero-order chi connectivity index (χ0) is 14.0. The third-order valence-electron chi connectivity index (χ3n) is 3.27. The van der Waals surface area contributed by atoms with Crippen LogP contribution in [0.2, 0.25) is 0 Å². The van der Waals surface area contributed by atoms with Crippen LogP contribution in [0.1, 0.15) is 65.2 Å². The van der Waals surface area contributed by atoms with E-state index in [4.69, 9.17) is 0 Å². The maximum Gasteiger partial charge on any atom is -0.00489 e. The van der Waals surface area contributed by atoms with Crippen LogP contribution in [0.15, 0.2) is 0 Å². The molecule has 0 unspecified atom stereocenters. The molecule has 22 heavy (non-hydrogen) atoms. The van der Waals surface area contributed by atoms with Gasteiger partial charge in [-0.3, -0.25) is 0 Å². The largest absolute Gasteiger partial charge is 0.317 e. The molecule has 3 N–H and O–H groups in total. The summed E-state index contributed by atoms with van der Waals surface area (Å²) in [6, 6.07) is 0. The number of hydrogen-bond donors (Lipinski definition) is 3. The molecule has 0 aromatic heterocycles. The first kappa shape index (κ1) is 30.6. The van der Waals surface area contributed by atoms with Gasteiger partial charge in [-0.05, 0) is 77.8 Å². The predicted octanol–water partition coefficient (Wildman–Crippen LogP) is 4.18. The molecule has 0 aliphatic carbocycles. The quantitative estimate of drug-likeness (QED) is 0.351. The minimum Gasteiger partial charge on any atom is -0.317 e. The van der Waals surface area contributed by atoms with Crippen LogP contribution < -0.4 is 16.0 Å². The lowest BCUT2D eigenvalue weighted by Crippen LogP contribution is -2.19. The Morgan fingerprint density at radius 2 is 0.682 bits per heavy atom. The molecule has 0 aromatic carbocycles. The molecular weight excluding hydrogens is 341 g/mol. The van der Waals surface area contributed by atoms with Gasteiger partial charge in [0, 0.05) is 0 Å². The van der Waals surface area contributed by atoms with Crippen LogP contribution in [0, 0.1) is 0 Å². The van der Waals surface area contributed by atoms with Crippen molar-refractivity contribution in [2.75, 3.05) is 39.3 Å². The average molecular weight is 381 g/mol. The van der Waals surface area contributed by atoms with Crippen LogP contribution in [0.5, 0.6) is 0 Å². The van der Waals surface area contributed by atoms with Gasteiger partial charge in [0.05, 0.1) is 0 Å². The predicted molar refractivity (Wildman–Crippen MR) is 109 cm³/mol. The number of rotatable bonds is 16. The van der Waals surface area contributed by atoms with Gasteiger partial charge in [-0.2, -0.15) is 0 Å². The Hall–Kier alpha value is 0.750. The Kier molecular flexibility index (Phi) is 41.4. The Bertz CT molecular complexity index is 148. The summed E-state index contributed by atoms with van der Waals surface area (Å²) in [5.41, 5.74) is 0. The molecule has 6 heteroatoms. The fraction of sp³-hybridized carbons (Fsp3) is 1.00. The molecule has 0 saturated carbocycles. The molecule has 0 aliphatic rings. The number of nitrogens with one attached hydrogen (secondary N) is 3. The smallest absolute Gasteiger partial charge is 0.00489 e. The standard InChI is InChI=1S/C16H37N3.3ClH/c1-3-11-17-13-7-5-9-15-19-16-10-6-8-14-18-12-4-2;;;/h17-19H,3-16H2,1-2H3;3*1H. The second kappa shape index (κ2) is 29.7. The Balaban J connectivity index is -0.000000540. The fourth-order valence-electron chi connectivity index (χ4n) is 2.08. The van der Waals surface area contributed by atoms with E-state index < -0.39 is 0 Å². The van der Waals surface area contributed by atoms with Crippen LogP contribution in [0.4, 0.5) is 0 Å². The van der Waals surface area contributed by atoms with Gasteiger partial charge in [0.15, 0.2) is 0 Å². The maximum absolute atomic E-state index is 3.55. The van der Waals surface area contributed by atoms with E-state index in [9.17, 15) is 0 Å². The molecule has 0 aromatic rings. The van der Waals surface area contributed by atoms with Crippen molar-refractivity contribution in [1.82, 2.24) is 16.0 Å². The van der Waals surface area contributed by atoms with Gasteiger partial charge < -0.3 is 16.0 Å². The van der Waals surface area contributed by atoms with E-state index in [-0.39, 0.29) is 37.2 Å². The average Bonchev–Trinajstić information content (AvgIpc) is 2.43. The molecule has 140 valence electrons. The molecule has 0 spiro atoms. The van der Waals surface area contributed by atoms with E-state index in [2.05, 4.69) is 29.8 Å². The van der Waals surface area contributed by atoms with Crippen molar-refractivity contribution in [1.29, 1.82) is 0 Å². The SMILES string of the molecule is CCCNCCCCCNCCCCCNCCC.Cl.Cl.Cl. The van der Waals surface area contributed by atoms with Gasteiger partial charge in [-0.15, -0.1) is 37.2 Å². The normalized spacial score (nSPS) is 9.55. The van der Waals surface area contributed by atoms with E-state index >= 15 is 0 Å². The summed E-state index contributed by atoms with van der Waals surface area (Å²) in [7, 11) is 0. The van der Waals surface area contributed by atoms with E-state index in [1.54, 1.807) is 0 Å². The summed E-state index contributed by atoms with van der Waals surface area (Å²) in [4.78, 5) is 0. The van der Waals surface area contributed by atoms with Crippen LogP contribution in [0.3, 0.4) is 0 Å². The van der Waals surface area contributed by atoms with Gasteiger partial charge in [0.2, 0.25) is 0 Å². The summed E-state index contributed by atoms with van der Waals surface area (Å²) < 4.78 is 0. The second-order valence-corrected chi connectivity index (χ2v) is 5.37. The van der Waals surface area contributed by atoms with E-state index in [0.29, 0.717) is 0 Å². The summed E-state index contributed by atoms with van der Waals surface area (Å²) >= 11 is 0. The lowest BCUT2D eigenvalue weighted by Gasteiger charge is -2.06. The number of halogens is 3. The number of hydrogen-bond acceptors (Lipinski definition) is 3. The van der Waals surface area contributed by atoms with Crippen LogP contribution in [-0.2, 0) is 0 Å². The minimum atomic E-state index is 0. The summed E-state index contributed by atoms with van der Waals surface area (Å²) in [5.74, 6) is 0. The molecule has 0 saturated heterocycles. The van der Waals surface area contributed by atoms with Crippen molar-refractivity contribution in [3.8, 4) is 0 Å². The van der Waals surface area contributed by atoms with Gasteiger partial charge in [-0.25, -0.2) is 0 Å². The molecule has 3 nitrogen and oxygen atoms in total. The minimum absolute atomic E-state index is 0. The molecule has 0 fully saturated rings. The molecule has 0 radical (unpaired) electrons. The second-order valence-electron chi connectivity index (χ2n) is 5.37.